The van der Waals surface area contributed by atoms with Gasteiger partial charge in [0.25, 0.3) is 11.7 Å². The van der Waals surface area contributed by atoms with Crippen LogP contribution in [-0.2, 0) is 24.3 Å². The van der Waals surface area contributed by atoms with Crippen molar-refractivity contribution in [3.8, 4) is 0 Å². The predicted molar refractivity (Wildman–Crippen MR) is 115 cm³/mol. The van der Waals surface area contributed by atoms with Gasteiger partial charge < -0.3 is 10.1 Å². The molecule has 0 bridgehead atoms. The lowest BCUT2D eigenvalue weighted by Gasteiger charge is -2.08. The fraction of sp³-hybridized carbons (Fsp3) is 0.200. The molecule has 31 heavy (non-hydrogen) atoms. The number of thioether (sulfide) groups is 1. The molecule has 2 N–H and O–H groups in total. The lowest BCUT2D eigenvalue weighted by atomic mass is 10.2. The van der Waals surface area contributed by atoms with Crippen LogP contribution in [0.2, 0.25) is 0 Å². The Morgan fingerprint density at radius 1 is 1.10 bits per heavy atom. The summed E-state index contributed by atoms with van der Waals surface area (Å²) in [5.74, 6) is -4.15. The Morgan fingerprint density at radius 3 is 2.35 bits per heavy atom. The third-order valence-electron chi connectivity index (χ3n) is 3.66. The van der Waals surface area contributed by atoms with Crippen LogP contribution in [0.3, 0.4) is 0 Å². The van der Waals surface area contributed by atoms with Gasteiger partial charge in [-0.25, -0.2) is 13.1 Å². The number of ether oxygens (including phenoxy) is 1. The van der Waals surface area contributed by atoms with E-state index in [0.29, 0.717) is 27.9 Å². The predicted octanol–water partition coefficient (Wildman–Crippen LogP) is 3.38. The molecule has 166 valence electrons. The number of anilines is 1. The Hall–Kier alpha value is -2.76. The van der Waals surface area contributed by atoms with Crippen molar-refractivity contribution in [1.29, 1.82) is 0 Å². The van der Waals surface area contributed by atoms with Crippen LogP contribution in [-0.4, -0.2) is 39.2 Å². The van der Waals surface area contributed by atoms with Gasteiger partial charge in [0.05, 0.1) is 0 Å². The molecule has 0 unspecified atom stereocenters. The highest BCUT2D eigenvalue weighted by Gasteiger charge is 2.12. The van der Waals surface area contributed by atoms with E-state index < -0.39 is 40.8 Å². The Kier molecular flexibility index (Phi) is 9.16. The molecule has 0 aromatic heterocycles. The van der Waals surface area contributed by atoms with Gasteiger partial charge >= 0.3 is 5.97 Å². The molecule has 2 aromatic rings. The van der Waals surface area contributed by atoms with Crippen molar-refractivity contribution in [3.05, 3.63) is 65.1 Å². The van der Waals surface area contributed by atoms with Gasteiger partial charge in [0.2, 0.25) is 10.0 Å². The Bertz CT molecular complexity index is 1020. The number of amides is 1. The number of rotatable bonds is 10. The fourth-order valence-electron chi connectivity index (χ4n) is 2.17. The zero-order chi connectivity index (χ0) is 22.9. The van der Waals surface area contributed by atoms with Gasteiger partial charge in [0.15, 0.2) is 6.61 Å². The van der Waals surface area contributed by atoms with Gasteiger partial charge in [-0.3, -0.25) is 9.59 Å². The summed E-state index contributed by atoms with van der Waals surface area (Å²) in [6, 6.07) is 12.9. The van der Waals surface area contributed by atoms with E-state index in [0.717, 1.165) is 11.0 Å². The molecule has 1 amide bonds. The number of nitrogens with one attached hydrogen (secondary N) is 2. The molecule has 0 aliphatic heterocycles. The number of carbonyl (C=O) groups is 2. The Morgan fingerprint density at radius 2 is 1.74 bits per heavy atom. The quantitative estimate of drug-likeness (QED) is 0.408. The van der Waals surface area contributed by atoms with Gasteiger partial charge in [-0.05, 0) is 42.8 Å². The first-order valence-corrected chi connectivity index (χ1v) is 11.3. The number of hydrogen-bond acceptors (Lipinski definition) is 6. The third-order valence-corrected chi connectivity index (χ3v) is 5.43. The van der Waals surface area contributed by atoms with Gasteiger partial charge in [-0.2, -0.15) is 8.78 Å². The van der Waals surface area contributed by atoms with E-state index in [-0.39, 0.29) is 0 Å². The first-order valence-electron chi connectivity index (χ1n) is 8.88. The van der Waals surface area contributed by atoms with Crippen LogP contribution in [0.25, 0.3) is 6.08 Å². The zero-order valence-corrected chi connectivity index (χ0v) is 18.0. The van der Waals surface area contributed by atoms with Crippen molar-refractivity contribution in [2.75, 3.05) is 18.5 Å². The molecule has 0 atom stereocenters. The van der Waals surface area contributed by atoms with Gasteiger partial charge in [-0.1, -0.05) is 41.6 Å². The molecule has 0 fully saturated rings. The molecule has 0 heterocycles. The summed E-state index contributed by atoms with van der Waals surface area (Å²) in [5, 5.41) is 3.35. The molecule has 7 nitrogen and oxygen atoms in total. The summed E-state index contributed by atoms with van der Waals surface area (Å²) in [6.45, 7) is 0.629. The smallest absolute Gasteiger partial charge is 0.321 e. The summed E-state index contributed by atoms with van der Waals surface area (Å²) < 4.78 is 55.2. The van der Waals surface area contributed by atoms with Crippen LogP contribution < -0.4 is 10.0 Å². The summed E-state index contributed by atoms with van der Waals surface area (Å²) in [6.07, 6.45) is 1.38. The molecule has 2 rings (SSSR count). The number of benzene rings is 2. The van der Waals surface area contributed by atoms with Crippen molar-refractivity contribution < 1.29 is 31.5 Å². The maximum atomic E-state index is 12.3. The van der Waals surface area contributed by atoms with Crippen LogP contribution in [0.5, 0.6) is 0 Å². The average molecular weight is 471 g/mol. The molecule has 0 radical (unpaired) electrons. The Balaban J connectivity index is 1.74. The van der Waals surface area contributed by atoms with E-state index in [9.17, 15) is 26.8 Å². The number of hydrogen-bond donors (Lipinski definition) is 2. The van der Waals surface area contributed by atoms with Crippen molar-refractivity contribution in [2.24, 2.45) is 0 Å². The summed E-state index contributed by atoms with van der Waals surface area (Å²) in [5.41, 5.74) is 2.05. The fourth-order valence-corrected chi connectivity index (χ4v) is 3.42. The average Bonchev–Trinajstić information content (AvgIpc) is 2.71. The minimum atomic E-state index is -3.87. The second kappa shape index (κ2) is 11.6. The van der Waals surface area contributed by atoms with Crippen molar-refractivity contribution >= 4 is 45.4 Å². The number of aryl methyl sites for hydroxylation is 1. The monoisotopic (exact) mass is 470 g/mol. The van der Waals surface area contributed by atoms with Gasteiger partial charge in [0, 0.05) is 16.0 Å². The highest BCUT2D eigenvalue weighted by molar-refractivity contribution is 7.99. The summed E-state index contributed by atoms with van der Waals surface area (Å²) in [4.78, 5) is 23.8. The molecule has 0 spiro atoms. The van der Waals surface area contributed by atoms with E-state index in [4.69, 9.17) is 4.74 Å². The van der Waals surface area contributed by atoms with Crippen LogP contribution >= 0.6 is 11.8 Å². The molecule has 2 aromatic carbocycles. The van der Waals surface area contributed by atoms with Crippen molar-refractivity contribution in [2.45, 2.75) is 17.6 Å². The standard InChI is InChI=1S/C20H20F2N2O5S2/c1-14-2-4-15(5-3-14)10-11-31(27,28)23-12-19(26)29-13-18(25)24-16-6-8-17(9-7-16)30-20(21)22/h2-11,20,23H,12-13H2,1H3,(H,24,25)/b11-10+. The molecule has 0 aliphatic carbocycles. The van der Waals surface area contributed by atoms with Crippen LogP contribution in [0, 0.1) is 6.92 Å². The lowest BCUT2D eigenvalue weighted by molar-refractivity contribution is -0.146. The van der Waals surface area contributed by atoms with Gasteiger partial charge in [0.1, 0.15) is 6.54 Å². The lowest BCUT2D eigenvalue weighted by Crippen LogP contribution is -2.31. The summed E-state index contributed by atoms with van der Waals surface area (Å²) in [7, 11) is -3.87. The minimum absolute atomic E-state index is 0.335. The highest BCUT2D eigenvalue weighted by atomic mass is 32.2. The topological polar surface area (TPSA) is 102 Å². The molecule has 0 aliphatic rings. The molecule has 0 saturated heterocycles. The largest absolute Gasteiger partial charge is 0.455 e. The van der Waals surface area contributed by atoms with Crippen LogP contribution in [0.15, 0.2) is 58.8 Å². The van der Waals surface area contributed by atoms with E-state index >= 15 is 0 Å². The molecular formula is C20H20F2N2O5S2. The Labute approximate surface area is 182 Å². The van der Waals surface area contributed by atoms with Crippen LogP contribution in [0.1, 0.15) is 11.1 Å². The number of alkyl halides is 2. The molecule has 11 heteroatoms. The number of esters is 1. The maximum Gasteiger partial charge on any atom is 0.321 e. The van der Waals surface area contributed by atoms with E-state index in [1.807, 2.05) is 19.1 Å². The van der Waals surface area contributed by atoms with E-state index in [2.05, 4.69) is 10.0 Å². The highest BCUT2D eigenvalue weighted by Crippen LogP contribution is 2.26. The number of sulfonamides is 1. The molecular weight excluding hydrogens is 450 g/mol. The van der Waals surface area contributed by atoms with Crippen LogP contribution in [0.4, 0.5) is 14.5 Å². The normalized spacial score (nSPS) is 11.6. The number of halogens is 2. The summed E-state index contributed by atoms with van der Waals surface area (Å²) >= 11 is 0.374. The molecule has 0 saturated carbocycles. The maximum absolute atomic E-state index is 12.3. The van der Waals surface area contributed by atoms with Crippen molar-refractivity contribution in [3.63, 3.8) is 0 Å². The first kappa shape index (κ1) is 24.5. The second-order valence-corrected chi connectivity index (χ2v) is 8.91. The first-order chi connectivity index (χ1) is 14.6. The van der Waals surface area contributed by atoms with Gasteiger partial charge in [-0.15, -0.1) is 0 Å². The van der Waals surface area contributed by atoms with E-state index in [1.54, 1.807) is 12.1 Å². The zero-order valence-electron chi connectivity index (χ0n) is 16.4. The third kappa shape index (κ3) is 9.73. The number of carbonyl (C=O) groups excluding carboxylic acids is 2. The second-order valence-electron chi connectivity index (χ2n) is 6.19. The minimum Gasteiger partial charge on any atom is -0.455 e. The SMILES string of the molecule is Cc1ccc(/C=C/S(=O)(=O)NCC(=O)OCC(=O)Nc2ccc(SC(F)F)cc2)cc1. The van der Waals surface area contributed by atoms with Crippen molar-refractivity contribution in [1.82, 2.24) is 4.72 Å². The van der Waals surface area contributed by atoms with E-state index in [1.165, 1.54) is 30.3 Å².